The first-order valence-corrected chi connectivity index (χ1v) is 13.2. The molecule has 188 valence electrons. The van der Waals surface area contributed by atoms with E-state index in [0.717, 1.165) is 30.9 Å². The Kier molecular flexibility index (Phi) is 6.34. The molecule has 5 atom stereocenters. The molecular weight excluding hydrogens is 478 g/mol. The summed E-state index contributed by atoms with van der Waals surface area (Å²) in [7, 11) is 0. The molecule has 0 spiro atoms. The number of para-hydroxylation sites is 1. The van der Waals surface area contributed by atoms with Gasteiger partial charge in [-0.25, -0.2) is 4.79 Å². The van der Waals surface area contributed by atoms with Crippen molar-refractivity contribution in [2.75, 3.05) is 24.5 Å². The summed E-state index contributed by atoms with van der Waals surface area (Å²) in [5.74, 6) is 1.19. The third-order valence-electron chi connectivity index (χ3n) is 7.21. The number of aliphatic hydroxyl groups excluding tert-OH is 1. The minimum absolute atomic E-state index is 0.00114. The van der Waals surface area contributed by atoms with Crippen molar-refractivity contribution in [1.29, 1.82) is 0 Å². The van der Waals surface area contributed by atoms with Gasteiger partial charge in [-0.3, -0.25) is 9.69 Å². The van der Waals surface area contributed by atoms with Crippen LogP contribution in [0.1, 0.15) is 12.8 Å². The molecule has 3 fully saturated rings. The lowest BCUT2D eigenvalue weighted by atomic mass is 9.86. The predicted molar refractivity (Wildman–Crippen MR) is 138 cm³/mol. The number of carbonyl (C=O) groups excluding carboxylic acids is 2. The topological polar surface area (TPSA) is 115 Å². The van der Waals surface area contributed by atoms with Crippen LogP contribution in [0.5, 0.6) is 11.5 Å². The van der Waals surface area contributed by atoms with Crippen LogP contribution in [-0.2, 0) is 4.79 Å². The Bertz CT molecular complexity index is 1170. The molecule has 4 heterocycles. The third kappa shape index (κ3) is 4.34. The van der Waals surface area contributed by atoms with Gasteiger partial charge < -0.3 is 31.1 Å². The first kappa shape index (κ1) is 23.4. The van der Waals surface area contributed by atoms with Crippen LogP contribution in [0.2, 0.25) is 0 Å². The largest absolute Gasteiger partial charge is 0.457 e. The molecule has 2 aromatic rings. The predicted octanol–water partition coefficient (Wildman–Crippen LogP) is 2.11. The van der Waals surface area contributed by atoms with Crippen LogP contribution in [0.25, 0.3) is 0 Å². The van der Waals surface area contributed by atoms with Gasteiger partial charge in [-0.05, 0) is 62.3 Å². The van der Waals surface area contributed by atoms with Gasteiger partial charge in [0.05, 0.1) is 28.5 Å². The van der Waals surface area contributed by atoms with Crippen molar-refractivity contribution in [1.82, 2.24) is 21.3 Å². The molecule has 3 saturated heterocycles. The maximum Gasteiger partial charge on any atom is 0.326 e. The number of nitrogens with one attached hydrogen (secondary N) is 4. The number of piperidine rings is 2. The number of hydrogen-bond donors (Lipinski definition) is 5. The highest BCUT2D eigenvalue weighted by atomic mass is 32.2. The summed E-state index contributed by atoms with van der Waals surface area (Å²) in [5.41, 5.74) is 1.48. The first-order chi connectivity index (χ1) is 17.6. The van der Waals surface area contributed by atoms with E-state index < -0.39 is 6.10 Å². The monoisotopic (exact) mass is 507 g/mol. The Morgan fingerprint density at radius 3 is 2.61 bits per heavy atom. The van der Waals surface area contributed by atoms with Crippen molar-refractivity contribution < 1.29 is 19.4 Å². The first-order valence-electron chi connectivity index (χ1n) is 12.4. The number of carbonyl (C=O) groups is 2. The molecule has 10 heteroatoms. The van der Waals surface area contributed by atoms with Gasteiger partial charge in [0.25, 0.3) is 5.91 Å². The number of nitrogens with zero attached hydrogens (tertiary/aromatic N) is 1. The maximum absolute atomic E-state index is 13.4. The van der Waals surface area contributed by atoms with Crippen LogP contribution in [0, 0.1) is 5.92 Å². The van der Waals surface area contributed by atoms with Crippen LogP contribution in [0.15, 0.2) is 65.2 Å². The molecule has 0 saturated carbocycles. The summed E-state index contributed by atoms with van der Waals surface area (Å²) in [6.45, 7) is 1.96. The molecule has 0 radical (unpaired) electrons. The van der Waals surface area contributed by atoms with Gasteiger partial charge in [0.15, 0.2) is 0 Å². The van der Waals surface area contributed by atoms with Gasteiger partial charge in [0.2, 0.25) is 0 Å². The zero-order chi connectivity index (χ0) is 24.6. The van der Waals surface area contributed by atoms with Gasteiger partial charge in [0, 0.05) is 23.8 Å². The van der Waals surface area contributed by atoms with Crippen LogP contribution in [0.4, 0.5) is 10.5 Å². The molecule has 5 N–H and O–H groups in total. The Labute approximate surface area is 213 Å². The summed E-state index contributed by atoms with van der Waals surface area (Å²) in [6.07, 6.45) is 0.819. The number of anilines is 1. The summed E-state index contributed by atoms with van der Waals surface area (Å²) < 4.78 is 5.90. The van der Waals surface area contributed by atoms with E-state index in [1.165, 1.54) is 11.8 Å². The van der Waals surface area contributed by atoms with Gasteiger partial charge in [-0.2, -0.15) is 0 Å². The second-order valence-corrected chi connectivity index (χ2v) is 10.6. The van der Waals surface area contributed by atoms with Crippen molar-refractivity contribution >= 4 is 29.4 Å². The molecule has 36 heavy (non-hydrogen) atoms. The van der Waals surface area contributed by atoms with Gasteiger partial charge in [-0.1, -0.05) is 30.0 Å². The van der Waals surface area contributed by atoms with E-state index in [1.54, 1.807) is 0 Å². The van der Waals surface area contributed by atoms with E-state index in [0.29, 0.717) is 29.3 Å². The smallest absolute Gasteiger partial charge is 0.326 e. The van der Waals surface area contributed by atoms with Gasteiger partial charge >= 0.3 is 6.03 Å². The number of aliphatic hydroxyl groups is 1. The number of urea groups is 1. The lowest BCUT2D eigenvalue weighted by molar-refractivity contribution is -0.118. The molecule has 3 unspecified atom stereocenters. The second kappa shape index (κ2) is 9.78. The lowest BCUT2D eigenvalue weighted by Gasteiger charge is -2.45. The van der Waals surface area contributed by atoms with E-state index in [1.807, 2.05) is 59.5 Å². The molecule has 2 aromatic carbocycles. The van der Waals surface area contributed by atoms with Crippen LogP contribution in [-0.4, -0.2) is 60.2 Å². The molecule has 3 amide bonds. The Hall–Kier alpha value is -3.05. The van der Waals surface area contributed by atoms with Crippen molar-refractivity contribution in [3.8, 4) is 11.5 Å². The van der Waals surface area contributed by atoms with Crippen molar-refractivity contribution in [3.63, 3.8) is 0 Å². The number of ether oxygens (including phenoxy) is 1. The van der Waals surface area contributed by atoms with Crippen LogP contribution in [0.3, 0.4) is 0 Å². The normalized spacial score (nSPS) is 29.4. The minimum Gasteiger partial charge on any atom is -0.457 e. The summed E-state index contributed by atoms with van der Waals surface area (Å²) in [6, 6.07) is 16.5. The average Bonchev–Trinajstić information content (AvgIpc) is 3.26. The fraction of sp³-hybridized carbons (Fsp3) is 0.385. The fourth-order valence-corrected chi connectivity index (χ4v) is 6.87. The molecule has 0 aromatic heterocycles. The summed E-state index contributed by atoms with van der Waals surface area (Å²) >= 11 is 1.47. The Morgan fingerprint density at radius 1 is 1.06 bits per heavy atom. The third-order valence-corrected chi connectivity index (χ3v) is 8.56. The quantitative estimate of drug-likeness (QED) is 0.421. The van der Waals surface area contributed by atoms with E-state index in [4.69, 9.17) is 4.74 Å². The molecular formula is C26H29N5O4S. The second-order valence-electron chi connectivity index (χ2n) is 9.47. The highest BCUT2D eigenvalue weighted by molar-refractivity contribution is 8.04. The van der Waals surface area contributed by atoms with Gasteiger partial charge in [0.1, 0.15) is 11.5 Å². The molecule has 4 aliphatic rings. The number of β-amino-alcohol motifs (C(OH)–C–C–N with tert-alkyl or cyclic N) is 1. The summed E-state index contributed by atoms with van der Waals surface area (Å²) in [5, 5.41) is 22.9. The average molecular weight is 508 g/mol. The Morgan fingerprint density at radius 2 is 1.83 bits per heavy atom. The number of rotatable bonds is 5. The number of amides is 3. The van der Waals surface area contributed by atoms with Crippen LogP contribution < -0.4 is 30.9 Å². The van der Waals surface area contributed by atoms with Crippen LogP contribution >= 0.6 is 11.8 Å². The van der Waals surface area contributed by atoms with Gasteiger partial charge in [-0.15, -0.1) is 0 Å². The zero-order valence-corrected chi connectivity index (χ0v) is 20.5. The van der Waals surface area contributed by atoms with Crippen molar-refractivity contribution in [3.05, 3.63) is 65.2 Å². The Balaban J connectivity index is 1.22. The molecule has 0 aliphatic carbocycles. The molecule has 9 nitrogen and oxygen atoms in total. The lowest BCUT2D eigenvalue weighted by Crippen LogP contribution is -2.62. The number of thioether (sulfide) groups is 1. The minimum atomic E-state index is -0.627. The fourth-order valence-electron chi connectivity index (χ4n) is 5.47. The molecule has 0 bridgehead atoms. The van der Waals surface area contributed by atoms with E-state index >= 15 is 0 Å². The van der Waals surface area contributed by atoms with E-state index in [2.05, 4.69) is 21.3 Å². The zero-order valence-electron chi connectivity index (χ0n) is 19.6. The number of benzene rings is 2. The van der Waals surface area contributed by atoms with E-state index in [-0.39, 0.29) is 35.3 Å². The van der Waals surface area contributed by atoms with E-state index in [9.17, 15) is 14.7 Å². The molecule has 4 aliphatic heterocycles. The number of hydrogen-bond acceptors (Lipinski definition) is 7. The van der Waals surface area contributed by atoms with Crippen molar-refractivity contribution in [2.45, 2.75) is 36.4 Å². The van der Waals surface area contributed by atoms with Crippen molar-refractivity contribution in [2.24, 2.45) is 5.92 Å². The molecule has 6 rings (SSSR count). The standard InChI is InChI=1S/C26H29N5O4S/c32-20-14-27-12-10-18(20)29-24(33)23-22-21-19(11-13-28-25(21)36-23)31(26(34)30-22)15-6-8-17(9-7-15)35-16-4-2-1-3-5-16/h1-9,18-21,25,27-28,32H,10-14H2,(H,29,33)(H,30,34)/t18-,19?,20+,21?,25?/m1/s1. The highest BCUT2D eigenvalue weighted by Gasteiger charge is 2.51. The highest BCUT2D eigenvalue weighted by Crippen LogP contribution is 2.48. The SMILES string of the molecule is O=C(N[C@@H]1CCNC[C@@H]1O)C1=C2NC(=O)N(c3ccc(Oc4ccccc4)cc3)C3CCNC(S1)C23. The summed E-state index contributed by atoms with van der Waals surface area (Å²) in [4.78, 5) is 28.9. The maximum atomic E-state index is 13.4.